The van der Waals surface area contributed by atoms with Crippen molar-refractivity contribution in [3.05, 3.63) is 59.7 Å². The van der Waals surface area contributed by atoms with Crippen molar-refractivity contribution < 1.29 is 4.74 Å². The van der Waals surface area contributed by atoms with Crippen LogP contribution in [-0.4, -0.2) is 7.11 Å². The zero-order chi connectivity index (χ0) is 12.8. The molecule has 2 rings (SSSR count). The summed E-state index contributed by atoms with van der Waals surface area (Å²) in [6, 6.07) is 17.4. The van der Waals surface area contributed by atoms with Crippen molar-refractivity contribution in [1.29, 1.82) is 5.26 Å². The second-order valence-electron chi connectivity index (χ2n) is 3.87. The summed E-state index contributed by atoms with van der Waals surface area (Å²) in [6.45, 7) is 0.663. The lowest BCUT2D eigenvalue weighted by Crippen LogP contribution is -2.01. The molecular weight excluding hydrogens is 224 g/mol. The van der Waals surface area contributed by atoms with Crippen LogP contribution in [0.2, 0.25) is 0 Å². The minimum absolute atomic E-state index is 0.663. The van der Waals surface area contributed by atoms with Gasteiger partial charge in [0.15, 0.2) is 0 Å². The van der Waals surface area contributed by atoms with Crippen molar-refractivity contribution in [1.82, 2.24) is 0 Å². The van der Waals surface area contributed by atoms with Crippen LogP contribution < -0.4 is 10.1 Å². The van der Waals surface area contributed by atoms with Gasteiger partial charge in [-0.3, -0.25) is 0 Å². The van der Waals surface area contributed by atoms with E-state index in [1.54, 1.807) is 13.2 Å². The van der Waals surface area contributed by atoms with Gasteiger partial charge in [0.1, 0.15) is 5.75 Å². The van der Waals surface area contributed by atoms with Crippen LogP contribution in [0.5, 0.6) is 5.75 Å². The second-order valence-corrected chi connectivity index (χ2v) is 3.87. The third-order valence-electron chi connectivity index (χ3n) is 2.65. The predicted molar refractivity (Wildman–Crippen MR) is 71.5 cm³/mol. The van der Waals surface area contributed by atoms with Gasteiger partial charge in [-0.15, -0.1) is 0 Å². The van der Waals surface area contributed by atoms with Crippen LogP contribution in [0.25, 0.3) is 0 Å². The first-order valence-electron chi connectivity index (χ1n) is 5.69. The molecular formula is C15H14N2O. The molecule has 0 atom stereocenters. The summed E-state index contributed by atoms with van der Waals surface area (Å²) in [7, 11) is 1.65. The Balaban J connectivity index is 2.09. The van der Waals surface area contributed by atoms with E-state index in [2.05, 4.69) is 11.4 Å². The Kier molecular flexibility index (Phi) is 3.83. The number of ether oxygens (including phenoxy) is 1. The molecule has 0 amide bonds. The normalized spacial score (nSPS) is 9.56. The third-order valence-corrected chi connectivity index (χ3v) is 2.65. The van der Waals surface area contributed by atoms with Crippen molar-refractivity contribution in [2.75, 3.05) is 12.4 Å². The van der Waals surface area contributed by atoms with Crippen LogP contribution >= 0.6 is 0 Å². The number of hydrogen-bond donors (Lipinski definition) is 1. The Labute approximate surface area is 107 Å². The molecule has 0 fully saturated rings. The summed E-state index contributed by atoms with van der Waals surface area (Å²) in [6.07, 6.45) is 0. The molecule has 90 valence electrons. The van der Waals surface area contributed by atoms with E-state index >= 15 is 0 Å². The second kappa shape index (κ2) is 5.74. The van der Waals surface area contributed by atoms with Gasteiger partial charge in [0.2, 0.25) is 0 Å². The van der Waals surface area contributed by atoms with Crippen molar-refractivity contribution in [2.24, 2.45) is 0 Å². The molecule has 3 nitrogen and oxygen atoms in total. The molecule has 1 N–H and O–H groups in total. The lowest BCUT2D eigenvalue weighted by molar-refractivity contribution is 0.416. The van der Waals surface area contributed by atoms with E-state index in [0.717, 1.165) is 17.0 Å². The van der Waals surface area contributed by atoms with Crippen LogP contribution in [0.4, 0.5) is 5.69 Å². The molecule has 2 aromatic rings. The Bertz CT molecular complexity index is 573. The molecule has 0 unspecified atom stereocenters. The lowest BCUT2D eigenvalue weighted by atomic mass is 10.1. The molecule has 0 spiro atoms. The molecule has 0 bridgehead atoms. The number of nitrogens with one attached hydrogen (secondary N) is 1. The predicted octanol–water partition coefficient (Wildman–Crippen LogP) is 3.18. The smallest absolute Gasteiger partial charge is 0.141 e. The topological polar surface area (TPSA) is 45.0 Å². The van der Waals surface area contributed by atoms with Gasteiger partial charge in [-0.05, 0) is 29.8 Å². The van der Waals surface area contributed by atoms with E-state index < -0.39 is 0 Å². The van der Waals surface area contributed by atoms with E-state index in [9.17, 15) is 0 Å². The molecule has 0 aliphatic rings. The highest BCUT2D eigenvalue weighted by atomic mass is 16.5. The van der Waals surface area contributed by atoms with Gasteiger partial charge in [0.25, 0.3) is 0 Å². The lowest BCUT2D eigenvalue weighted by Gasteiger charge is -2.10. The number of hydrogen-bond acceptors (Lipinski definition) is 3. The summed E-state index contributed by atoms with van der Waals surface area (Å²) >= 11 is 0. The molecule has 0 saturated carbocycles. The van der Waals surface area contributed by atoms with E-state index in [4.69, 9.17) is 10.00 Å². The largest absolute Gasteiger partial charge is 0.495 e. The van der Waals surface area contributed by atoms with Crippen molar-refractivity contribution >= 4 is 5.69 Å². The maximum Gasteiger partial charge on any atom is 0.141 e. The number of methoxy groups -OCH3 is 1. The standard InChI is InChI=1S/C15H14N2O/c1-18-15-8-3-2-7-14(15)17-11-13-6-4-5-12(9-13)10-16/h2-9,17H,11H2,1H3. The fraction of sp³-hybridized carbons (Fsp3) is 0.133. The molecule has 3 heteroatoms. The van der Waals surface area contributed by atoms with Gasteiger partial charge in [-0.25, -0.2) is 0 Å². The van der Waals surface area contributed by atoms with Crippen LogP contribution in [0, 0.1) is 11.3 Å². The highest BCUT2D eigenvalue weighted by Gasteiger charge is 2.01. The van der Waals surface area contributed by atoms with Gasteiger partial charge < -0.3 is 10.1 Å². The fourth-order valence-corrected chi connectivity index (χ4v) is 1.74. The van der Waals surface area contributed by atoms with Crippen molar-refractivity contribution in [3.63, 3.8) is 0 Å². The Morgan fingerprint density at radius 1 is 1.17 bits per heavy atom. The highest BCUT2D eigenvalue weighted by Crippen LogP contribution is 2.23. The molecule has 0 heterocycles. The van der Waals surface area contributed by atoms with Crippen LogP contribution in [0.3, 0.4) is 0 Å². The third kappa shape index (κ3) is 2.80. The summed E-state index contributed by atoms with van der Waals surface area (Å²) < 4.78 is 5.26. The minimum atomic E-state index is 0.663. The number of para-hydroxylation sites is 2. The molecule has 0 saturated heterocycles. The van der Waals surface area contributed by atoms with Crippen LogP contribution in [0.15, 0.2) is 48.5 Å². The number of rotatable bonds is 4. The van der Waals surface area contributed by atoms with E-state index in [0.29, 0.717) is 12.1 Å². The Morgan fingerprint density at radius 3 is 2.78 bits per heavy atom. The fourth-order valence-electron chi connectivity index (χ4n) is 1.74. The van der Waals surface area contributed by atoms with Crippen LogP contribution in [-0.2, 0) is 6.54 Å². The summed E-state index contributed by atoms with van der Waals surface area (Å²) in [5.41, 5.74) is 2.69. The number of benzene rings is 2. The number of nitriles is 1. The van der Waals surface area contributed by atoms with E-state index in [-0.39, 0.29) is 0 Å². The Hall–Kier alpha value is -2.47. The molecule has 18 heavy (non-hydrogen) atoms. The Morgan fingerprint density at radius 2 is 2.00 bits per heavy atom. The van der Waals surface area contributed by atoms with E-state index in [1.165, 1.54) is 0 Å². The van der Waals surface area contributed by atoms with Crippen LogP contribution in [0.1, 0.15) is 11.1 Å². The molecule has 0 aromatic heterocycles. The maximum absolute atomic E-state index is 8.84. The average Bonchev–Trinajstić information content (AvgIpc) is 2.45. The summed E-state index contributed by atoms with van der Waals surface area (Å²) in [5, 5.41) is 12.1. The zero-order valence-corrected chi connectivity index (χ0v) is 10.2. The van der Waals surface area contributed by atoms with Gasteiger partial charge in [-0.2, -0.15) is 5.26 Å². The van der Waals surface area contributed by atoms with Crippen molar-refractivity contribution in [3.8, 4) is 11.8 Å². The molecule has 0 aliphatic carbocycles. The van der Waals surface area contributed by atoms with Gasteiger partial charge >= 0.3 is 0 Å². The SMILES string of the molecule is COc1ccccc1NCc1cccc(C#N)c1. The maximum atomic E-state index is 8.84. The first kappa shape index (κ1) is 12.0. The summed E-state index contributed by atoms with van der Waals surface area (Å²) in [5.74, 6) is 0.814. The molecule has 0 radical (unpaired) electrons. The first-order chi connectivity index (χ1) is 8.83. The van der Waals surface area contributed by atoms with Gasteiger partial charge in [0.05, 0.1) is 24.4 Å². The van der Waals surface area contributed by atoms with Crippen molar-refractivity contribution in [2.45, 2.75) is 6.54 Å². The quantitative estimate of drug-likeness (QED) is 0.889. The monoisotopic (exact) mass is 238 g/mol. The van der Waals surface area contributed by atoms with Gasteiger partial charge in [-0.1, -0.05) is 24.3 Å². The first-order valence-corrected chi connectivity index (χ1v) is 5.69. The van der Waals surface area contributed by atoms with E-state index in [1.807, 2.05) is 42.5 Å². The highest BCUT2D eigenvalue weighted by molar-refractivity contribution is 5.56. The zero-order valence-electron chi connectivity index (χ0n) is 10.2. The minimum Gasteiger partial charge on any atom is -0.495 e. The van der Waals surface area contributed by atoms with Gasteiger partial charge in [0, 0.05) is 6.54 Å². The average molecular weight is 238 g/mol. The summed E-state index contributed by atoms with van der Waals surface area (Å²) in [4.78, 5) is 0. The number of nitrogens with zero attached hydrogens (tertiary/aromatic N) is 1. The number of anilines is 1. The molecule has 2 aromatic carbocycles. The molecule has 0 aliphatic heterocycles.